The topological polar surface area (TPSA) is 73.0 Å². The summed E-state index contributed by atoms with van der Waals surface area (Å²) >= 11 is 0. The first kappa shape index (κ1) is 16.7. The van der Waals surface area contributed by atoms with Crippen molar-refractivity contribution in [1.29, 1.82) is 0 Å². The molecule has 7 nitrogen and oxygen atoms in total. The minimum absolute atomic E-state index is 0.0233. The van der Waals surface area contributed by atoms with Gasteiger partial charge in [0.15, 0.2) is 0 Å². The molecule has 0 bridgehead atoms. The highest BCUT2D eigenvalue weighted by molar-refractivity contribution is 5.77. The van der Waals surface area contributed by atoms with Gasteiger partial charge in [0.1, 0.15) is 5.82 Å². The van der Waals surface area contributed by atoms with Crippen LogP contribution in [-0.2, 0) is 20.6 Å². The van der Waals surface area contributed by atoms with Crippen LogP contribution in [0.2, 0.25) is 0 Å². The first-order valence-corrected chi connectivity index (χ1v) is 8.77. The van der Waals surface area contributed by atoms with E-state index in [2.05, 4.69) is 10.00 Å². The molecule has 4 rings (SSSR count). The van der Waals surface area contributed by atoms with Gasteiger partial charge < -0.3 is 0 Å². The molecule has 26 heavy (non-hydrogen) atoms. The van der Waals surface area contributed by atoms with Crippen molar-refractivity contribution in [3.8, 4) is 0 Å². The third-order valence-corrected chi connectivity index (χ3v) is 5.14. The first-order chi connectivity index (χ1) is 12.6. The molecule has 1 aliphatic rings. The number of aryl methyl sites for hydroxylation is 1. The van der Waals surface area contributed by atoms with Gasteiger partial charge >= 0.3 is 0 Å². The average molecular weight is 351 g/mol. The summed E-state index contributed by atoms with van der Waals surface area (Å²) in [7, 11) is 3.43. The highest BCUT2D eigenvalue weighted by Gasteiger charge is 2.30. The Balaban J connectivity index is 1.74. The van der Waals surface area contributed by atoms with E-state index >= 15 is 0 Å². The zero-order chi connectivity index (χ0) is 18.3. The van der Waals surface area contributed by atoms with Crippen molar-refractivity contribution in [2.75, 3.05) is 6.54 Å². The number of likely N-dealkylation sites (tertiary alicyclic amines) is 1. The summed E-state index contributed by atoms with van der Waals surface area (Å²) < 4.78 is 3.00. The predicted octanol–water partition coefficient (Wildman–Crippen LogP) is 1.36. The molecule has 1 aliphatic heterocycles. The van der Waals surface area contributed by atoms with E-state index in [9.17, 15) is 9.59 Å². The maximum Gasteiger partial charge on any atom is 0.270 e. The Kier molecular flexibility index (Phi) is 4.16. The van der Waals surface area contributed by atoms with E-state index in [0.717, 1.165) is 30.7 Å². The Labute approximate surface area is 150 Å². The van der Waals surface area contributed by atoms with Crippen LogP contribution < -0.4 is 11.1 Å². The van der Waals surface area contributed by atoms with Crippen molar-refractivity contribution in [3.63, 3.8) is 0 Å². The molecule has 0 spiro atoms. The Hall–Kier alpha value is -2.80. The minimum atomic E-state index is -0.0847. The molecule has 0 amide bonds. The van der Waals surface area contributed by atoms with E-state index in [1.807, 2.05) is 24.3 Å². The van der Waals surface area contributed by atoms with Crippen molar-refractivity contribution in [2.45, 2.75) is 25.4 Å². The minimum Gasteiger partial charge on any atom is -0.298 e. The Bertz CT molecular complexity index is 1090. The summed E-state index contributed by atoms with van der Waals surface area (Å²) in [5, 5.41) is 4.61. The first-order valence-electron chi connectivity index (χ1n) is 8.77. The summed E-state index contributed by atoms with van der Waals surface area (Å²) in [5.41, 5.74) is 1.31. The summed E-state index contributed by atoms with van der Waals surface area (Å²) in [6.45, 7) is 1.40. The van der Waals surface area contributed by atoms with Gasteiger partial charge in [-0.1, -0.05) is 12.1 Å². The molecule has 1 atom stereocenters. The fraction of sp³-hybridized carbons (Fsp3) is 0.368. The van der Waals surface area contributed by atoms with Crippen molar-refractivity contribution in [3.05, 3.63) is 68.6 Å². The van der Waals surface area contributed by atoms with Crippen molar-refractivity contribution in [1.82, 2.24) is 24.2 Å². The van der Waals surface area contributed by atoms with Crippen LogP contribution in [0.5, 0.6) is 0 Å². The van der Waals surface area contributed by atoms with Crippen LogP contribution in [0.4, 0.5) is 0 Å². The third-order valence-electron chi connectivity index (χ3n) is 5.14. The number of hydrogen-bond acceptors (Lipinski definition) is 5. The average Bonchev–Trinajstić information content (AvgIpc) is 3.10. The van der Waals surface area contributed by atoms with Crippen molar-refractivity contribution >= 4 is 10.9 Å². The van der Waals surface area contributed by atoms with Gasteiger partial charge in [-0.2, -0.15) is 5.10 Å². The van der Waals surface area contributed by atoms with Gasteiger partial charge in [-0.05, 0) is 37.6 Å². The second-order valence-electron chi connectivity index (χ2n) is 6.77. The summed E-state index contributed by atoms with van der Waals surface area (Å²) in [5.74, 6) is 0.761. The molecule has 1 fully saturated rings. The third kappa shape index (κ3) is 2.74. The lowest BCUT2D eigenvalue weighted by molar-refractivity contribution is 0.233. The molecule has 0 radical (unpaired) electrons. The SMILES string of the molecule is Cn1nccc(CN2CCCC2c2nc3ccccc3c(=O)n2C)c1=O. The smallest absolute Gasteiger partial charge is 0.270 e. The molecular weight excluding hydrogens is 330 g/mol. The zero-order valence-electron chi connectivity index (χ0n) is 14.9. The molecule has 134 valence electrons. The highest BCUT2D eigenvalue weighted by atomic mass is 16.1. The molecule has 3 heterocycles. The zero-order valence-corrected chi connectivity index (χ0v) is 14.9. The maximum atomic E-state index is 12.7. The van der Waals surface area contributed by atoms with Crippen LogP contribution in [0.25, 0.3) is 10.9 Å². The summed E-state index contributed by atoms with van der Waals surface area (Å²) in [6, 6.07) is 9.22. The van der Waals surface area contributed by atoms with E-state index in [-0.39, 0.29) is 17.2 Å². The molecule has 7 heteroatoms. The van der Waals surface area contributed by atoms with Crippen LogP contribution in [0.15, 0.2) is 46.1 Å². The van der Waals surface area contributed by atoms with E-state index in [0.29, 0.717) is 17.5 Å². The van der Waals surface area contributed by atoms with Crippen molar-refractivity contribution in [2.24, 2.45) is 14.1 Å². The van der Waals surface area contributed by atoms with Gasteiger partial charge in [0.05, 0.1) is 16.9 Å². The van der Waals surface area contributed by atoms with E-state index in [4.69, 9.17) is 4.98 Å². The number of rotatable bonds is 3. The number of fused-ring (bicyclic) bond motifs is 1. The molecule has 1 saturated heterocycles. The molecule has 0 saturated carbocycles. The maximum absolute atomic E-state index is 12.7. The molecule has 0 N–H and O–H groups in total. The number of benzene rings is 1. The molecular formula is C19H21N5O2. The summed E-state index contributed by atoms with van der Waals surface area (Å²) in [6.07, 6.45) is 3.58. The van der Waals surface area contributed by atoms with Gasteiger partial charge in [-0.15, -0.1) is 0 Å². The normalized spacial score (nSPS) is 17.8. The number of para-hydroxylation sites is 1. The fourth-order valence-electron chi connectivity index (χ4n) is 3.73. The monoisotopic (exact) mass is 351 g/mol. The quantitative estimate of drug-likeness (QED) is 0.712. The molecule has 1 unspecified atom stereocenters. The number of nitrogens with zero attached hydrogens (tertiary/aromatic N) is 5. The Morgan fingerprint density at radius 1 is 1.12 bits per heavy atom. The van der Waals surface area contributed by atoms with Gasteiger partial charge in [0, 0.05) is 32.4 Å². The van der Waals surface area contributed by atoms with Gasteiger partial charge in [-0.3, -0.25) is 19.1 Å². The predicted molar refractivity (Wildman–Crippen MR) is 98.8 cm³/mol. The molecule has 0 aliphatic carbocycles. The van der Waals surface area contributed by atoms with E-state index in [1.165, 1.54) is 4.68 Å². The second kappa shape index (κ2) is 6.49. The van der Waals surface area contributed by atoms with Gasteiger partial charge in [0.25, 0.3) is 11.1 Å². The summed E-state index contributed by atoms with van der Waals surface area (Å²) in [4.78, 5) is 32.0. The van der Waals surface area contributed by atoms with Crippen molar-refractivity contribution < 1.29 is 0 Å². The van der Waals surface area contributed by atoms with E-state index < -0.39 is 0 Å². The Morgan fingerprint density at radius 3 is 2.77 bits per heavy atom. The second-order valence-corrected chi connectivity index (χ2v) is 6.77. The van der Waals surface area contributed by atoms with Crippen LogP contribution >= 0.6 is 0 Å². The van der Waals surface area contributed by atoms with Crippen LogP contribution in [0, 0.1) is 0 Å². The standard InChI is InChI=1S/C19H21N5O2/c1-22-17(21-15-7-4-3-6-14(15)19(22)26)16-8-5-11-24(16)12-13-9-10-20-23(2)18(13)25/h3-4,6-7,9-10,16H,5,8,11-12H2,1-2H3. The van der Waals surface area contributed by atoms with Crippen LogP contribution in [0.3, 0.4) is 0 Å². The van der Waals surface area contributed by atoms with Gasteiger partial charge in [0.2, 0.25) is 0 Å². The van der Waals surface area contributed by atoms with Gasteiger partial charge in [-0.25, -0.2) is 9.67 Å². The lowest BCUT2D eigenvalue weighted by Gasteiger charge is -2.25. The van der Waals surface area contributed by atoms with Crippen LogP contribution in [-0.4, -0.2) is 30.8 Å². The number of aromatic nitrogens is 4. The van der Waals surface area contributed by atoms with E-state index in [1.54, 1.807) is 30.9 Å². The largest absolute Gasteiger partial charge is 0.298 e. The van der Waals surface area contributed by atoms with Crippen LogP contribution in [0.1, 0.15) is 30.3 Å². The lowest BCUT2D eigenvalue weighted by atomic mass is 10.1. The number of hydrogen-bond donors (Lipinski definition) is 0. The highest BCUT2D eigenvalue weighted by Crippen LogP contribution is 2.31. The lowest BCUT2D eigenvalue weighted by Crippen LogP contribution is -2.33. The molecule has 3 aromatic rings. The molecule has 1 aromatic carbocycles. The fourth-order valence-corrected chi connectivity index (χ4v) is 3.73. The molecule has 2 aromatic heterocycles. The Morgan fingerprint density at radius 2 is 1.92 bits per heavy atom.